The predicted molar refractivity (Wildman–Crippen MR) is 72.5 cm³/mol. The number of carbonyl (C=O) groups excluding carboxylic acids is 1. The van der Waals surface area contributed by atoms with Crippen LogP contribution in [0.3, 0.4) is 0 Å². The number of nitrogens with one attached hydrogen (secondary N) is 2. The monoisotopic (exact) mass is 257 g/mol. The number of urea groups is 1. The van der Waals surface area contributed by atoms with Crippen LogP contribution >= 0.6 is 0 Å². The van der Waals surface area contributed by atoms with Crippen LogP contribution < -0.4 is 10.6 Å². The van der Waals surface area contributed by atoms with Crippen LogP contribution in [0, 0.1) is 5.92 Å². The van der Waals surface area contributed by atoms with E-state index in [0.29, 0.717) is 25.6 Å². The van der Waals surface area contributed by atoms with E-state index in [0.717, 1.165) is 19.0 Å². The van der Waals surface area contributed by atoms with Crippen molar-refractivity contribution < 1.29 is 9.90 Å². The Morgan fingerprint density at radius 3 is 2.67 bits per heavy atom. The van der Waals surface area contributed by atoms with Gasteiger partial charge in [-0.05, 0) is 45.2 Å². The summed E-state index contributed by atoms with van der Waals surface area (Å²) < 4.78 is 0. The third kappa shape index (κ3) is 5.69. The molecule has 0 aromatic rings. The topological polar surface area (TPSA) is 64.6 Å². The smallest absolute Gasteiger partial charge is 0.314 e. The summed E-state index contributed by atoms with van der Waals surface area (Å²) in [6.45, 7) is 8.05. The summed E-state index contributed by atoms with van der Waals surface area (Å²) in [5, 5.41) is 14.2. The van der Waals surface area contributed by atoms with Crippen LogP contribution in [-0.2, 0) is 0 Å². The van der Waals surface area contributed by atoms with Crippen LogP contribution in [0.1, 0.15) is 33.1 Å². The highest BCUT2D eigenvalue weighted by Crippen LogP contribution is 2.17. The molecule has 0 saturated carbocycles. The molecule has 1 aliphatic heterocycles. The maximum atomic E-state index is 11.4. The summed E-state index contributed by atoms with van der Waals surface area (Å²) in [7, 11) is 0. The first-order chi connectivity index (χ1) is 8.63. The Labute approximate surface area is 110 Å². The molecule has 1 aliphatic rings. The summed E-state index contributed by atoms with van der Waals surface area (Å²) in [5.41, 5.74) is 0. The minimum Gasteiger partial charge on any atom is -0.396 e. The summed E-state index contributed by atoms with van der Waals surface area (Å²) in [4.78, 5) is 13.9. The molecule has 1 rings (SSSR count). The van der Waals surface area contributed by atoms with Crippen molar-refractivity contribution in [1.29, 1.82) is 0 Å². The molecule has 1 fully saturated rings. The third-order valence-electron chi connectivity index (χ3n) is 3.62. The quantitative estimate of drug-likeness (QED) is 0.616. The van der Waals surface area contributed by atoms with Crippen LogP contribution in [0.25, 0.3) is 0 Å². The normalized spacial score (nSPS) is 19.5. The number of likely N-dealkylation sites (tertiary alicyclic amines) is 1. The van der Waals surface area contributed by atoms with Gasteiger partial charge < -0.3 is 15.7 Å². The van der Waals surface area contributed by atoms with Gasteiger partial charge in [0, 0.05) is 25.7 Å². The van der Waals surface area contributed by atoms with Gasteiger partial charge in [-0.25, -0.2) is 4.79 Å². The lowest BCUT2D eigenvalue weighted by atomic mass is 9.98. The highest BCUT2D eigenvalue weighted by Gasteiger charge is 2.20. The number of aliphatic hydroxyl groups excluding tert-OH is 1. The van der Waals surface area contributed by atoms with Gasteiger partial charge in [0.2, 0.25) is 0 Å². The first kappa shape index (κ1) is 15.2. The highest BCUT2D eigenvalue weighted by molar-refractivity contribution is 5.73. The van der Waals surface area contributed by atoms with Crippen molar-refractivity contribution in [2.24, 2.45) is 5.92 Å². The van der Waals surface area contributed by atoms with E-state index in [1.165, 1.54) is 12.8 Å². The second kappa shape index (κ2) is 8.32. The van der Waals surface area contributed by atoms with Crippen LogP contribution in [0.5, 0.6) is 0 Å². The standard InChI is InChI=1S/C13H27N3O2/c1-11-4-7-16(8-5-11)12(2)10-15-13(18)14-6-3-9-17/h11-12,17H,3-10H2,1-2H3,(H2,14,15,18). The lowest BCUT2D eigenvalue weighted by Gasteiger charge is -2.34. The minimum atomic E-state index is -0.138. The van der Waals surface area contributed by atoms with Crippen molar-refractivity contribution in [3.8, 4) is 0 Å². The van der Waals surface area contributed by atoms with E-state index >= 15 is 0 Å². The van der Waals surface area contributed by atoms with Gasteiger partial charge in [-0.15, -0.1) is 0 Å². The van der Waals surface area contributed by atoms with E-state index in [-0.39, 0.29) is 12.6 Å². The summed E-state index contributed by atoms with van der Waals surface area (Å²) in [6.07, 6.45) is 3.12. The third-order valence-corrected chi connectivity index (χ3v) is 3.62. The SMILES string of the molecule is CC1CCN(C(C)CNC(=O)NCCCO)CC1. The molecule has 5 heteroatoms. The molecule has 2 amide bonds. The molecule has 0 spiro atoms. The molecule has 3 N–H and O–H groups in total. The number of nitrogens with zero attached hydrogens (tertiary/aromatic N) is 1. The first-order valence-electron chi connectivity index (χ1n) is 7.00. The lowest BCUT2D eigenvalue weighted by molar-refractivity contribution is 0.145. The molecular formula is C13H27N3O2. The predicted octanol–water partition coefficient (Wildman–Crippen LogP) is 0.788. The molecule has 106 valence electrons. The average molecular weight is 257 g/mol. The minimum absolute atomic E-state index is 0.114. The van der Waals surface area contributed by atoms with Gasteiger partial charge in [0.1, 0.15) is 0 Å². The summed E-state index contributed by atoms with van der Waals surface area (Å²) in [5.74, 6) is 0.836. The van der Waals surface area contributed by atoms with Crippen molar-refractivity contribution in [3.05, 3.63) is 0 Å². The van der Waals surface area contributed by atoms with Crippen molar-refractivity contribution in [3.63, 3.8) is 0 Å². The number of hydrogen-bond donors (Lipinski definition) is 3. The summed E-state index contributed by atoms with van der Waals surface area (Å²) >= 11 is 0. The molecule has 1 unspecified atom stereocenters. The van der Waals surface area contributed by atoms with E-state index in [4.69, 9.17) is 5.11 Å². The van der Waals surface area contributed by atoms with E-state index in [1.807, 2.05) is 0 Å². The molecule has 0 aromatic heterocycles. The average Bonchev–Trinajstić information content (AvgIpc) is 2.37. The van der Waals surface area contributed by atoms with Gasteiger partial charge in [0.05, 0.1) is 0 Å². The fourth-order valence-corrected chi connectivity index (χ4v) is 2.18. The fourth-order valence-electron chi connectivity index (χ4n) is 2.18. The molecule has 0 bridgehead atoms. The number of aliphatic hydroxyl groups is 1. The van der Waals surface area contributed by atoms with E-state index in [9.17, 15) is 4.79 Å². The van der Waals surface area contributed by atoms with Crippen molar-refractivity contribution in [1.82, 2.24) is 15.5 Å². The largest absolute Gasteiger partial charge is 0.396 e. The zero-order valence-electron chi connectivity index (χ0n) is 11.6. The molecule has 0 aliphatic carbocycles. The van der Waals surface area contributed by atoms with E-state index in [2.05, 4.69) is 29.4 Å². The zero-order valence-corrected chi connectivity index (χ0v) is 11.6. The number of rotatable bonds is 6. The maximum Gasteiger partial charge on any atom is 0.314 e. The van der Waals surface area contributed by atoms with Gasteiger partial charge in [0.25, 0.3) is 0 Å². The fraction of sp³-hybridized carbons (Fsp3) is 0.923. The van der Waals surface area contributed by atoms with Crippen molar-refractivity contribution >= 4 is 6.03 Å². The van der Waals surface area contributed by atoms with Crippen LogP contribution in [0.4, 0.5) is 4.79 Å². The Balaban J connectivity index is 2.12. The number of hydrogen-bond acceptors (Lipinski definition) is 3. The van der Waals surface area contributed by atoms with E-state index < -0.39 is 0 Å². The second-order valence-corrected chi connectivity index (χ2v) is 5.28. The molecule has 0 aromatic carbocycles. The molecular weight excluding hydrogens is 230 g/mol. The molecule has 18 heavy (non-hydrogen) atoms. The highest BCUT2D eigenvalue weighted by atomic mass is 16.3. The first-order valence-corrected chi connectivity index (χ1v) is 7.00. The number of piperidine rings is 1. The second-order valence-electron chi connectivity index (χ2n) is 5.28. The maximum absolute atomic E-state index is 11.4. The van der Waals surface area contributed by atoms with Crippen LogP contribution in [0.2, 0.25) is 0 Å². The van der Waals surface area contributed by atoms with Gasteiger partial charge in [-0.2, -0.15) is 0 Å². The summed E-state index contributed by atoms with van der Waals surface area (Å²) in [6, 6.07) is 0.252. The Morgan fingerprint density at radius 2 is 2.06 bits per heavy atom. The molecule has 5 nitrogen and oxygen atoms in total. The number of amides is 2. The molecule has 1 atom stereocenters. The lowest BCUT2D eigenvalue weighted by Crippen LogP contribution is -2.47. The Morgan fingerprint density at radius 1 is 1.39 bits per heavy atom. The molecule has 1 heterocycles. The molecule has 0 radical (unpaired) electrons. The van der Waals surface area contributed by atoms with Crippen molar-refractivity contribution in [2.75, 3.05) is 32.8 Å². The van der Waals surface area contributed by atoms with Crippen LogP contribution in [0.15, 0.2) is 0 Å². The Bertz CT molecular complexity index is 240. The van der Waals surface area contributed by atoms with E-state index in [1.54, 1.807) is 0 Å². The number of carbonyl (C=O) groups is 1. The molecule has 1 saturated heterocycles. The Kier molecular flexibility index (Phi) is 7.05. The van der Waals surface area contributed by atoms with Crippen molar-refractivity contribution in [2.45, 2.75) is 39.2 Å². The van der Waals surface area contributed by atoms with Gasteiger partial charge in [-0.3, -0.25) is 4.90 Å². The van der Waals surface area contributed by atoms with Gasteiger partial charge >= 0.3 is 6.03 Å². The van der Waals surface area contributed by atoms with Gasteiger partial charge in [-0.1, -0.05) is 6.92 Å². The van der Waals surface area contributed by atoms with Crippen LogP contribution in [-0.4, -0.2) is 54.9 Å². The zero-order chi connectivity index (χ0) is 13.4. The Hall–Kier alpha value is -0.810. The van der Waals surface area contributed by atoms with Gasteiger partial charge in [0.15, 0.2) is 0 Å².